The van der Waals surface area contributed by atoms with Crippen molar-refractivity contribution in [1.82, 2.24) is 0 Å². The Morgan fingerprint density at radius 1 is 1.00 bits per heavy atom. The highest BCUT2D eigenvalue weighted by Crippen LogP contribution is 2.49. The molecule has 1 nitrogen and oxygen atoms in total. The van der Waals surface area contributed by atoms with Crippen molar-refractivity contribution in [2.75, 3.05) is 0 Å². The Labute approximate surface area is 87.5 Å². The van der Waals surface area contributed by atoms with Gasteiger partial charge in [0, 0.05) is 9.16 Å². The zero-order valence-electron chi connectivity index (χ0n) is 7.90. The van der Waals surface area contributed by atoms with E-state index in [1.54, 1.807) is 0 Å². The van der Waals surface area contributed by atoms with Crippen molar-refractivity contribution in [3.63, 3.8) is 0 Å². The first-order valence-corrected chi connectivity index (χ1v) is 6.91. The molecule has 0 radical (unpaired) electrons. The van der Waals surface area contributed by atoms with E-state index in [2.05, 4.69) is 13.8 Å². The number of aliphatic hydroxyl groups is 1. The third-order valence-corrected chi connectivity index (χ3v) is 6.77. The number of rotatable bonds is 1. The van der Waals surface area contributed by atoms with Crippen molar-refractivity contribution in [3.8, 4) is 0 Å². The van der Waals surface area contributed by atoms with Gasteiger partial charge in [-0.25, -0.2) is 0 Å². The summed E-state index contributed by atoms with van der Waals surface area (Å²) in [6.07, 6.45) is 0. The molecule has 0 saturated carbocycles. The highest BCUT2D eigenvalue weighted by Gasteiger charge is 2.35. The molecule has 1 rings (SSSR count). The third kappa shape index (κ3) is 3.05. The minimum Gasteiger partial charge on any atom is -0.388 e. The summed E-state index contributed by atoms with van der Waals surface area (Å²) in [5.74, 6) is 0. The minimum absolute atomic E-state index is 0.323. The molecule has 1 aliphatic heterocycles. The van der Waals surface area contributed by atoms with E-state index in [4.69, 9.17) is 0 Å². The van der Waals surface area contributed by atoms with Gasteiger partial charge in [-0.2, -0.15) is 0 Å². The predicted octanol–water partition coefficient (Wildman–Crippen LogP) is 2.99. The van der Waals surface area contributed by atoms with Crippen LogP contribution in [0, 0.1) is 0 Å². The lowest BCUT2D eigenvalue weighted by Gasteiger charge is -2.36. The van der Waals surface area contributed by atoms with Crippen LogP contribution in [-0.4, -0.2) is 24.5 Å². The lowest BCUT2D eigenvalue weighted by Crippen LogP contribution is -2.35. The van der Waals surface area contributed by atoms with Gasteiger partial charge in [0.2, 0.25) is 0 Å². The maximum atomic E-state index is 9.83. The van der Waals surface area contributed by atoms with Crippen molar-refractivity contribution in [1.29, 1.82) is 0 Å². The standard InChI is InChI=1S/C8H16OS3/c1-5-10-6(2)12-7(11-5)8(3,4)9/h5-7,9H,1-4H3. The van der Waals surface area contributed by atoms with Crippen molar-refractivity contribution in [3.05, 3.63) is 0 Å². The summed E-state index contributed by atoms with van der Waals surface area (Å²) < 4.78 is 1.54. The number of hydrogen-bond donors (Lipinski definition) is 1. The van der Waals surface area contributed by atoms with Crippen LogP contribution in [0.15, 0.2) is 0 Å². The molecule has 72 valence electrons. The van der Waals surface area contributed by atoms with E-state index < -0.39 is 5.60 Å². The van der Waals surface area contributed by atoms with Gasteiger partial charge in [-0.05, 0) is 27.7 Å². The maximum Gasteiger partial charge on any atom is 0.0805 e. The van der Waals surface area contributed by atoms with Gasteiger partial charge in [-0.15, -0.1) is 35.3 Å². The molecule has 1 N–H and O–H groups in total. The molecule has 4 heteroatoms. The summed E-state index contributed by atoms with van der Waals surface area (Å²) in [7, 11) is 0. The van der Waals surface area contributed by atoms with Gasteiger partial charge in [0.05, 0.1) is 10.2 Å². The SMILES string of the molecule is CC1SC(C)SC(C(C)(C)O)S1. The van der Waals surface area contributed by atoms with E-state index in [1.165, 1.54) is 0 Å². The van der Waals surface area contributed by atoms with Crippen LogP contribution in [-0.2, 0) is 0 Å². The van der Waals surface area contributed by atoms with Gasteiger partial charge in [0.15, 0.2) is 0 Å². The quantitative estimate of drug-likeness (QED) is 0.738. The van der Waals surface area contributed by atoms with E-state index in [-0.39, 0.29) is 0 Å². The monoisotopic (exact) mass is 224 g/mol. The maximum absolute atomic E-state index is 9.83. The molecular weight excluding hydrogens is 208 g/mol. The molecular formula is C8H16OS3. The summed E-state index contributed by atoms with van der Waals surface area (Å²) in [6.45, 7) is 8.22. The first kappa shape index (κ1) is 11.1. The van der Waals surface area contributed by atoms with Crippen molar-refractivity contribution in [2.24, 2.45) is 0 Å². The second-order valence-electron chi connectivity index (χ2n) is 3.53. The van der Waals surface area contributed by atoms with Crippen molar-refractivity contribution >= 4 is 35.3 Å². The molecule has 0 aliphatic carbocycles. The van der Waals surface area contributed by atoms with Crippen LogP contribution in [0.5, 0.6) is 0 Å². The summed E-state index contributed by atoms with van der Waals surface area (Å²) in [4.78, 5) is 0. The van der Waals surface area contributed by atoms with Gasteiger partial charge >= 0.3 is 0 Å². The average molecular weight is 224 g/mol. The van der Waals surface area contributed by atoms with Crippen LogP contribution in [0.3, 0.4) is 0 Å². The molecule has 0 aromatic rings. The van der Waals surface area contributed by atoms with Gasteiger partial charge < -0.3 is 5.11 Å². The highest BCUT2D eigenvalue weighted by atomic mass is 32.3. The predicted molar refractivity (Wildman–Crippen MR) is 61.8 cm³/mol. The fourth-order valence-electron chi connectivity index (χ4n) is 1.05. The van der Waals surface area contributed by atoms with Crippen molar-refractivity contribution < 1.29 is 5.11 Å². The van der Waals surface area contributed by atoms with E-state index in [0.29, 0.717) is 13.7 Å². The molecule has 1 heterocycles. The molecule has 1 fully saturated rings. The van der Waals surface area contributed by atoms with Crippen LogP contribution >= 0.6 is 35.3 Å². The Morgan fingerprint density at radius 2 is 1.42 bits per heavy atom. The molecule has 1 aliphatic rings. The highest BCUT2D eigenvalue weighted by molar-refractivity contribution is 8.33. The molecule has 1 saturated heterocycles. The smallest absolute Gasteiger partial charge is 0.0805 e. The topological polar surface area (TPSA) is 20.2 Å². The zero-order chi connectivity index (χ0) is 9.35. The van der Waals surface area contributed by atoms with Crippen LogP contribution < -0.4 is 0 Å². The molecule has 0 aromatic heterocycles. The second-order valence-corrected chi connectivity index (χ2v) is 9.01. The average Bonchev–Trinajstić information content (AvgIpc) is 1.82. The summed E-state index contributed by atoms with van der Waals surface area (Å²) in [6, 6.07) is 0. The molecule has 0 spiro atoms. The third-order valence-electron chi connectivity index (χ3n) is 1.59. The second kappa shape index (κ2) is 4.03. The van der Waals surface area contributed by atoms with Gasteiger partial charge in [-0.1, -0.05) is 0 Å². The molecule has 0 aromatic carbocycles. The van der Waals surface area contributed by atoms with Crippen LogP contribution in [0.4, 0.5) is 0 Å². The van der Waals surface area contributed by atoms with Gasteiger partial charge in [0.1, 0.15) is 0 Å². The first-order chi connectivity index (χ1) is 5.39. The van der Waals surface area contributed by atoms with E-state index in [0.717, 1.165) is 0 Å². The van der Waals surface area contributed by atoms with Gasteiger partial charge in [0.25, 0.3) is 0 Å². The normalized spacial score (nSPS) is 38.2. The lowest BCUT2D eigenvalue weighted by atomic mass is 10.2. The van der Waals surface area contributed by atoms with Crippen LogP contribution in [0.25, 0.3) is 0 Å². The fraction of sp³-hybridized carbons (Fsp3) is 1.00. The Morgan fingerprint density at radius 3 is 1.75 bits per heavy atom. The fourth-order valence-corrected chi connectivity index (χ4v) is 7.02. The Kier molecular flexibility index (Phi) is 3.72. The summed E-state index contributed by atoms with van der Waals surface area (Å²) in [5, 5.41) is 9.83. The Bertz CT molecular complexity index is 145. The lowest BCUT2D eigenvalue weighted by molar-refractivity contribution is 0.0985. The number of hydrogen-bond acceptors (Lipinski definition) is 4. The molecule has 2 atom stereocenters. The molecule has 2 unspecified atom stereocenters. The first-order valence-electron chi connectivity index (χ1n) is 4.08. The Hall–Kier alpha value is 1.01. The largest absolute Gasteiger partial charge is 0.388 e. The summed E-state index contributed by atoms with van der Waals surface area (Å²) in [5.41, 5.74) is -0.557. The molecule has 0 bridgehead atoms. The molecule has 12 heavy (non-hydrogen) atoms. The zero-order valence-corrected chi connectivity index (χ0v) is 10.4. The van der Waals surface area contributed by atoms with E-state index in [1.807, 2.05) is 49.1 Å². The van der Waals surface area contributed by atoms with E-state index >= 15 is 0 Å². The van der Waals surface area contributed by atoms with Crippen LogP contribution in [0.2, 0.25) is 0 Å². The van der Waals surface area contributed by atoms with Crippen molar-refractivity contribution in [2.45, 2.75) is 47.0 Å². The summed E-state index contributed by atoms with van der Waals surface area (Å²) >= 11 is 5.72. The molecule has 0 amide bonds. The Balaban J connectivity index is 2.55. The minimum atomic E-state index is -0.557. The van der Waals surface area contributed by atoms with E-state index in [9.17, 15) is 5.11 Å². The van der Waals surface area contributed by atoms with Gasteiger partial charge in [-0.3, -0.25) is 0 Å². The van der Waals surface area contributed by atoms with Crippen LogP contribution in [0.1, 0.15) is 27.7 Å². The number of thioether (sulfide) groups is 3.